The Morgan fingerprint density at radius 1 is 1.02 bits per heavy atom. The first-order chi connectivity index (χ1) is 19.7. The number of allylic oxidation sites excluding steroid dienone is 1. The highest BCUT2D eigenvalue weighted by atomic mass is 16.5. The van der Waals surface area contributed by atoms with Crippen molar-refractivity contribution in [2.24, 2.45) is 5.73 Å². The van der Waals surface area contributed by atoms with Gasteiger partial charge in [0.1, 0.15) is 17.3 Å². The molecule has 2 aliphatic heterocycles. The molecule has 2 N–H and O–H groups in total. The first-order valence-corrected chi connectivity index (χ1v) is 13.0. The number of aryl methyl sites for hydroxylation is 2. The molecular weight excluding hydrogens is 528 g/mol. The van der Waals surface area contributed by atoms with Crippen molar-refractivity contribution < 1.29 is 33.3 Å². The van der Waals surface area contributed by atoms with Crippen LogP contribution in [0.25, 0.3) is 0 Å². The van der Waals surface area contributed by atoms with Gasteiger partial charge in [-0.15, -0.1) is 0 Å². The molecule has 0 saturated carbocycles. The van der Waals surface area contributed by atoms with Gasteiger partial charge in [0.05, 0.1) is 50.6 Å². The van der Waals surface area contributed by atoms with E-state index in [2.05, 4.69) is 6.07 Å². The molecule has 214 valence electrons. The zero-order chi connectivity index (χ0) is 29.7. The Balaban J connectivity index is 1.81. The second kappa shape index (κ2) is 12.6. The lowest BCUT2D eigenvalue weighted by Gasteiger charge is -2.36. The van der Waals surface area contributed by atoms with Gasteiger partial charge >= 0.3 is 11.9 Å². The van der Waals surface area contributed by atoms with Crippen LogP contribution in [-0.4, -0.2) is 69.9 Å². The Labute approximate surface area is 238 Å². The first kappa shape index (κ1) is 29.2. The standard InChI is InChI=1S/C30H32N4O7/c1-18-14-21(15-19(2)27(18)41-17-23(35)33-10-12-40-13-11-33)34-26(30(37)39-4)25(29(36)38-3)24(22(16-31)28(34)32)20-8-6-5-7-9-20/h5-9,14-15,24H,10-13,17,32H2,1-4H3. The minimum atomic E-state index is -0.963. The summed E-state index contributed by atoms with van der Waals surface area (Å²) in [6.45, 7) is 5.42. The fraction of sp³-hybridized carbons (Fsp3) is 0.333. The minimum absolute atomic E-state index is 0.0376. The minimum Gasteiger partial charge on any atom is -0.483 e. The maximum atomic E-state index is 13.3. The average molecular weight is 561 g/mol. The number of hydrogen-bond acceptors (Lipinski definition) is 10. The molecule has 1 atom stereocenters. The van der Waals surface area contributed by atoms with Crippen molar-refractivity contribution in [3.8, 4) is 11.8 Å². The number of morpholine rings is 1. The lowest BCUT2D eigenvalue weighted by molar-refractivity contribution is -0.139. The highest BCUT2D eigenvalue weighted by molar-refractivity contribution is 6.06. The van der Waals surface area contributed by atoms with Crippen molar-refractivity contribution in [2.45, 2.75) is 19.8 Å². The molecule has 11 nitrogen and oxygen atoms in total. The van der Waals surface area contributed by atoms with Crippen LogP contribution in [-0.2, 0) is 28.6 Å². The summed E-state index contributed by atoms with van der Waals surface area (Å²) in [4.78, 5) is 42.2. The number of carbonyl (C=O) groups excluding carboxylic acids is 3. The fourth-order valence-corrected chi connectivity index (χ4v) is 5.10. The number of hydrogen-bond donors (Lipinski definition) is 1. The summed E-state index contributed by atoms with van der Waals surface area (Å²) in [6.07, 6.45) is 0. The molecule has 2 heterocycles. The molecule has 0 bridgehead atoms. The molecule has 1 saturated heterocycles. The van der Waals surface area contributed by atoms with Gasteiger partial charge in [0.15, 0.2) is 6.61 Å². The number of ether oxygens (including phenoxy) is 4. The normalized spacial score (nSPS) is 17.2. The molecule has 1 fully saturated rings. The third-order valence-electron chi connectivity index (χ3n) is 7.02. The number of amides is 1. The summed E-state index contributed by atoms with van der Waals surface area (Å²) < 4.78 is 21.4. The largest absolute Gasteiger partial charge is 0.483 e. The zero-order valence-corrected chi connectivity index (χ0v) is 23.4. The Hall–Kier alpha value is -4.82. The maximum Gasteiger partial charge on any atom is 0.355 e. The summed E-state index contributed by atoms with van der Waals surface area (Å²) in [6, 6.07) is 14.3. The van der Waals surface area contributed by atoms with Crippen LogP contribution in [0.2, 0.25) is 0 Å². The van der Waals surface area contributed by atoms with Gasteiger partial charge in [-0.1, -0.05) is 30.3 Å². The Kier molecular flexibility index (Phi) is 8.94. The third-order valence-corrected chi connectivity index (χ3v) is 7.02. The van der Waals surface area contributed by atoms with Crippen LogP contribution in [0.4, 0.5) is 5.69 Å². The predicted molar refractivity (Wildman–Crippen MR) is 148 cm³/mol. The van der Waals surface area contributed by atoms with Gasteiger partial charge in [-0.25, -0.2) is 9.59 Å². The zero-order valence-electron chi connectivity index (χ0n) is 23.4. The fourth-order valence-electron chi connectivity index (χ4n) is 5.10. The van der Waals surface area contributed by atoms with Crippen molar-refractivity contribution in [1.82, 2.24) is 4.90 Å². The lowest BCUT2D eigenvalue weighted by atomic mass is 9.81. The second-order valence-electron chi connectivity index (χ2n) is 9.53. The Morgan fingerprint density at radius 3 is 2.20 bits per heavy atom. The number of nitrogens with two attached hydrogens (primary N) is 1. The molecule has 0 aliphatic carbocycles. The van der Waals surface area contributed by atoms with Gasteiger partial charge in [0.25, 0.3) is 5.91 Å². The van der Waals surface area contributed by atoms with Crippen LogP contribution in [0, 0.1) is 25.2 Å². The summed E-state index contributed by atoms with van der Waals surface area (Å²) >= 11 is 0. The monoisotopic (exact) mass is 560 g/mol. The second-order valence-corrected chi connectivity index (χ2v) is 9.53. The van der Waals surface area contributed by atoms with Crippen molar-refractivity contribution in [2.75, 3.05) is 52.0 Å². The van der Waals surface area contributed by atoms with E-state index in [-0.39, 0.29) is 35.2 Å². The predicted octanol–water partition coefficient (Wildman–Crippen LogP) is 2.44. The van der Waals surface area contributed by atoms with Crippen molar-refractivity contribution in [3.05, 3.63) is 81.8 Å². The third kappa shape index (κ3) is 5.73. The van der Waals surface area contributed by atoms with E-state index in [4.69, 9.17) is 24.7 Å². The van der Waals surface area contributed by atoms with Crippen LogP contribution in [0.15, 0.2) is 65.1 Å². The number of esters is 2. The van der Waals surface area contributed by atoms with Gasteiger partial charge in [-0.2, -0.15) is 5.26 Å². The summed E-state index contributed by atoms with van der Waals surface area (Å²) in [5, 5.41) is 10.2. The van der Waals surface area contributed by atoms with Crippen molar-refractivity contribution in [1.29, 1.82) is 5.26 Å². The topological polar surface area (TPSA) is 144 Å². The lowest BCUT2D eigenvalue weighted by Crippen LogP contribution is -2.43. The SMILES string of the molecule is COC(=O)C1=C(C(=O)OC)N(c2cc(C)c(OCC(=O)N3CCOCC3)c(C)c2)C(N)=C(C#N)C1c1ccccc1. The molecule has 11 heteroatoms. The number of nitrogens with zero attached hydrogens (tertiary/aromatic N) is 3. The average Bonchev–Trinajstić information content (AvgIpc) is 2.99. The summed E-state index contributed by atoms with van der Waals surface area (Å²) in [5.41, 5.74) is 8.68. The molecular formula is C30H32N4O7. The number of carbonyl (C=O) groups is 3. The molecule has 41 heavy (non-hydrogen) atoms. The van der Waals surface area contributed by atoms with E-state index >= 15 is 0 Å². The van der Waals surface area contributed by atoms with Crippen LogP contribution < -0.4 is 15.4 Å². The molecule has 0 aromatic heterocycles. The smallest absolute Gasteiger partial charge is 0.355 e. The molecule has 4 rings (SSSR count). The number of anilines is 1. The Bertz CT molecular complexity index is 1430. The van der Waals surface area contributed by atoms with Crippen LogP contribution in [0.5, 0.6) is 5.75 Å². The summed E-state index contributed by atoms with van der Waals surface area (Å²) in [5.74, 6) is -2.30. The van der Waals surface area contributed by atoms with E-state index < -0.39 is 17.9 Å². The van der Waals surface area contributed by atoms with E-state index in [9.17, 15) is 19.6 Å². The molecule has 2 aromatic carbocycles. The van der Waals surface area contributed by atoms with E-state index in [1.54, 1.807) is 61.2 Å². The molecule has 0 spiro atoms. The number of methoxy groups -OCH3 is 2. The van der Waals surface area contributed by atoms with E-state index in [1.807, 2.05) is 0 Å². The van der Waals surface area contributed by atoms with E-state index in [1.165, 1.54) is 19.1 Å². The van der Waals surface area contributed by atoms with Gasteiger partial charge in [0.2, 0.25) is 0 Å². The highest BCUT2D eigenvalue weighted by Crippen LogP contribution is 2.44. The number of rotatable bonds is 7. The van der Waals surface area contributed by atoms with E-state index in [0.29, 0.717) is 54.4 Å². The number of benzene rings is 2. The van der Waals surface area contributed by atoms with Gasteiger partial charge < -0.3 is 29.6 Å². The quantitative estimate of drug-likeness (QED) is 0.501. The molecule has 1 amide bonds. The molecule has 2 aromatic rings. The van der Waals surface area contributed by atoms with Gasteiger partial charge in [-0.05, 0) is 42.7 Å². The van der Waals surface area contributed by atoms with Crippen LogP contribution >= 0.6 is 0 Å². The number of nitriles is 1. The van der Waals surface area contributed by atoms with Crippen molar-refractivity contribution >= 4 is 23.5 Å². The first-order valence-electron chi connectivity index (χ1n) is 13.0. The maximum absolute atomic E-state index is 13.3. The van der Waals surface area contributed by atoms with Crippen LogP contribution in [0.3, 0.4) is 0 Å². The molecule has 2 aliphatic rings. The van der Waals surface area contributed by atoms with Crippen molar-refractivity contribution in [3.63, 3.8) is 0 Å². The van der Waals surface area contributed by atoms with Crippen LogP contribution in [0.1, 0.15) is 22.6 Å². The molecule has 0 radical (unpaired) electrons. The van der Waals surface area contributed by atoms with Gasteiger partial charge in [0, 0.05) is 18.8 Å². The highest BCUT2D eigenvalue weighted by Gasteiger charge is 2.43. The van der Waals surface area contributed by atoms with Gasteiger partial charge in [-0.3, -0.25) is 9.69 Å². The van der Waals surface area contributed by atoms with E-state index in [0.717, 1.165) is 0 Å². The Morgan fingerprint density at radius 2 is 1.63 bits per heavy atom. The summed E-state index contributed by atoms with van der Waals surface area (Å²) in [7, 11) is 2.39. The molecule has 1 unspecified atom stereocenters.